The molecule has 0 amide bonds. The molecule has 0 aromatic rings. The Labute approximate surface area is 55.8 Å². The molecule has 0 spiro atoms. The van der Waals surface area contributed by atoms with E-state index in [2.05, 4.69) is 12.2 Å². The van der Waals surface area contributed by atoms with Gasteiger partial charge in [0, 0.05) is 12.1 Å². The van der Waals surface area contributed by atoms with Gasteiger partial charge in [-0.15, -0.1) is 0 Å². The summed E-state index contributed by atoms with van der Waals surface area (Å²) in [6, 6.07) is 1.80. The number of piperidine rings is 2. The fourth-order valence-electron chi connectivity index (χ4n) is 2.99. The summed E-state index contributed by atoms with van der Waals surface area (Å²) in [6.45, 7) is 2.32. The van der Waals surface area contributed by atoms with Crippen LogP contribution in [0.5, 0.6) is 0 Å². The van der Waals surface area contributed by atoms with E-state index in [1.54, 1.807) is 6.42 Å². The summed E-state index contributed by atoms with van der Waals surface area (Å²) in [5, 5.41) is 3.64. The van der Waals surface area contributed by atoms with Gasteiger partial charge in [0.2, 0.25) is 0 Å². The number of nitrogens with one attached hydrogen (secondary N) is 1. The molecule has 1 N–H and O–H groups in total. The summed E-state index contributed by atoms with van der Waals surface area (Å²) in [7, 11) is 0. The molecule has 1 heteroatoms. The van der Waals surface area contributed by atoms with E-state index in [4.69, 9.17) is 0 Å². The molecule has 9 heavy (non-hydrogen) atoms. The lowest BCUT2D eigenvalue weighted by Crippen LogP contribution is -2.75. The minimum Gasteiger partial charge on any atom is -0.311 e. The molecule has 2 aliphatic heterocycles. The second-order valence-corrected chi connectivity index (χ2v) is 4.06. The van der Waals surface area contributed by atoms with Crippen LogP contribution in [0, 0.1) is 17.8 Å². The number of hydrogen-bond acceptors (Lipinski definition) is 1. The lowest BCUT2D eigenvalue weighted by molar-refractivity contribution is -0.167. The largest absolute Gasteiger partial charge is 0.311 e. The highest BCUT2D eigenvalue weighted by molar-refractivity contribution is 5.16. The first-order chi connectivity index (χ1) is 4.36. The van der Waals surface area contributed by atoms with Gasteiger partial charge in [-0.3, -0.25) is 0 Å². The maximum absolute atomic E-state index is 3.64. The Morgan fingerprint density at radius 1 is 1.11 bits per heavy atom. The number of fused-ring (bicyclic) bond motifs is 2. The molecular weight excluding hydrogens is 110 g/mol. The fourth-order valence-corrected chi connectivity index (χ4v) is 2.99. The van der Waals surface area contributed by atoms with E-state index >= 15 is 0 Å². The Balaban J connectivity index is 1.83. The summed E-state index contributed by atoms with van der Waals surface area (Å²) >= 11 is 0. The van der Waals surface area contributed by atoms with Crippen LogP contribution in [0.4, 0.5) is 0 Å². The van der Waals surface area contributed by atoms with Crippen molar-refractivity contribution in [3.63, 3.8) is 0 Å². The average Bonchev–Trinajstić information content (AvgIpc) is 1.71. The van der Waals surface area contributed by atoms with Crippen molar-refractivity contribution < 1.29 is 0 Å². The molecular formula is C8H13N. The molecule has 4 unspecified atom stereocenters. The third-order valence-corrected chi connectivity index (χ3v) is 3.67. The Morgan fingerprint density at radius 3 is 2.22 bits per heavy atom. The summed E-state index contributed by atoms with van der Waals surface area (Å²) in [4.78, 5) is 0. The van der Waals surface area contributed by atoms with Gasteiger partial charge < -0.3 is 5.32 Å². The predicted molar refractivity (Wildman–Crippen MR) is 36.1 cm³/mol. The molecule has 1 nitrogen and oxygen atoms in total. The zero-order valence-corrected chi connectivity index (χ0v) is 5.80. The summed E-state index contributed by atoms with van der Waals surface area (Å²) in [6.07, 6.45) is 3.01. The molecule has 5 fully saturated rings. The second kappa shape index (κ2) is 1.20. The Kier molecular flexibility index (Phi) is 0.628. The van der Waals surface area contributed by atoms with Gasteiger partial charge in [-0.2, -0.15) is 0 Å². The molecule has 5 aliphatic rings. The van der Waals surface area contributed by atoms with Gasteiger partial charge in [0.25, 0.3) is 0 Å². The Bertz CT molecular complexity index is 131. The van der Waals surface area contributed by atoms with Crippen molar-refractivity contribution >= 4 is 0 Å². The van der Waals surface area contributed by atoms with Crippen LogP contribution in [0.2, 0.25) is 0 Å². The van der Waals surface area contributed by atoms with Crippen LogP contribution in [0.25, 0.3) is 0 Å². The third-order valence-electron chi connectivity index (χ3n) is 3.67. The molecule has 3 aliphatic carbocycles. The Hall–Kier alpha value is -0.0400. The van der Waals surface area contributed by atoms with E-state index in [1.807, 2.05) is 0 Å². The summed E-state index contributed by atoms with van der Waals surface area (Å²) in [5.41, 5.74) is 0. The van der Waals surface area contributed by atoms with E-state index < -0.39 is 0 Å². The van der Waals surface area contributed by atoms with Gasteiger partial charge in [-0.25, -0.2) is 0 Å². The van der Waals surface area contributed by atoms with Crippen LogP contribution in [0.15, 0.2) is 0 Å². The van der Waals surface area contributed by atoms with E-state index in [0.717, 1.165) is 29.8 Å². The van der Waals surface area contributed by atoms with Gasteiger partial charge in [0.1, 0.15) is 0 Å². The first-order valence-electron chi connectivity index (χ1n) is 4.12. The van der Waals surface area contributed by atoms with Crippen molar-refractivity contribution in [3.05, 3.63) is 0 Å². The van der Waals surface area contributed by atoms with E-state index in [1.165, 1.54) is 6.42 Å². The zero-order valence-electron chi connectivity index (χ0n) is 5.80. The highest BCUT2D eigenvalue weighted by Gasteiger charge is 2.63. The molecule has 2 saturated heterocycles. The highest BCUT2D eigenvalue weighted by Crippen LogP contribution is 2.62. The number of hydrogen-bond donors (Lipinski definition) is 1. The van der Waals surface area contributed by atoms with Crippen molar-refractivity contribution in [2.45, 2.75) is 31.8 Å². The van der Waals surface area contributed by atoms with Crippen LogP contribution >= 0.6 is 0 Å². The van der Waals surface area contributed by atoms with Crippen LogP contribution in [0.3, 0.4) is 0 Å². The van der Waals surface area contributed by atoms with E-state index in [9.17, 15) is 0 Å². The normalized spacial score (nSPS) is 68.3. The molecule has 5 rings (SSSR count). The maximum Gasteiger partial charge on any atom is 0.0132 e. The minimum atomic E-state index is 0.827. The monoisotopic (exact) mass is 123 g/mol. The van der Waals surface area contributed by atoms with E-state index in [-0.39, 0.29) is 0 Å². The highest BCUT2D eigenvalue weighted by atomic mass is 15.1. The average molecular weight is 123 g/mol. The van der Waals surface area contributed by atoms with Gasteiger partial charge in [0.15, 0.2) is 0 Å². The van der Waals surface area contributed by atoms with Gasteiger partial charge in [0.05, 0.1) is 0 Å². The molecule has 4 bridgehead atoms. The van der Waals surface area contributed by atoms with E-state index in [0.29, 0.717) is 0 Å². The van der Waals surface area contributed by atoms with Crippen LogP contribution < -0.4 is 5.32 Å². The molecule has 2 heterocycles. The van der Waals surface area contributed by atoms with Gasteiger partial charge in [-0.1, -0.05) is 0 Å². The molecule has 0 radical (unpaired) electrons. The van der Waals surface area contributed by atoms with Crippen molar-refractivity contribution in [1.82, 2.24) is 5.32 Å². The quantitative estimate of drug-likeness (QED) is 0.506. The second-order valence-electron chi connectivity index (χ2n) is 4.06. The lowest BCUT2D eigenvalue weighted by Gasteiger charge is -2.69. The van der Waals surface area contributed by atoms with Crippen LogP contribution in [0.1, 0.15) is 19.8 Å². The first-order valence-corrected chi connectivity index (χ1v) is 4.12. The topological polar surface area (TPSA) is 12.0 Å². The van der Waals surface area contributed by atoms with Crippen molar-refractivity contribution in [3.8, 4) is 0 Å². The van der Waals surface area contributed by atoms with Crippen molar-refractivity contribution in [1.29, 1.82) is 0 Å². The van der Waals surface area contributed by atoms with Crippen molar-refractivity contribution in [2.75, 3.05) is 0 Å². The van der Waals surface area contributed by atoms with Gasteiger partial charge >= 0.3 is 0 Å². The summed E-state index contributed by atoms with van der Waals surface area (Å²) < 4.78 is 0. The minimum absolute atomic E-state index is 0.827. The van der Waals surface area contributed by atoms with Crippen molar-refractivity contribution in [2.24, 2.45) is 17.8 Å². The zero-order chi connectivity index (χ0) is 6.01. The molecule has 5 atom stereocenters. The van der Waals surface area contributed by atoms with Crippen LogP contribution in [-0.2, 0) is 0 Å². The molecule has 3 saturated carbocycles. The standard InChI is InChI=1S/C8H13N/c1-4-2-5-6-3-7(5)8(6)9-4/h4-9H,2-3H2,1H3/t4?,5?,6-,7?,8?/m0/s1. The first kappa shape index (κ1) is 4.73. The van der Waals surface area contributed by atoms with Crippen LogP contribution in [-0.4, -0.2) is 12.1 Å². The smallest absolute Gasteiger partial charge is 0.0132 e. The molecule has 0 aromatic heterocycles. The fraction of sp³-hybridized carbons (Fsp3) is 1.00. The maximum atomic E-state index is 3.64. The SMILES string of the molecule is CC1CC2C3C[C@@H]2C3N1. The van der Waals surface area contributed by atoms with Gasteiger partial charge in [-0.05, 0) is 37.5 Å². The third kappa shape index (κ3) is 0.362. The summed E-state index contributed by atoms with van der Waals surface area (Å²) in [5.74, 6) is 3.39. The molecule has 0 aromatic carbocycles. The number of rotatable bonds is 0. The Morgan fingerprint density at radius 2 is 1.89 bits per heavy atom. The molecule has 50 valence electrons. The lowest BCUT2D eigenvalue weighted by atomic mass is 9.41. The predicted octanol–water partition coefficient (Wildman–Crippen LogP) is 1.00.